The molecule has 0 saturated heterocycles. The highest BCUT2D eigenvalue weighted by atomic mass is 19.1. The Balaban J connectivity index is 2.43. The van der Waals surface area contributed by atoms with Gasteiger partial charge in [0.2, 0.25) is 0 Å². The monoisotopic (exact) mass is 215 g/mol. The van der Waals surface area contributed by atoms with E-state index in [-0.39, 0.29) is 11.4 Å². The Morgan fingerprint density at radius 3 is 2.19 bits per heavy atom. The molecule has 0 spiro atoms. The van der Waals surface area contributed by atoms with Crippen LogP contribution in [-0.2, 0) is 0 Å². The van der Waals surface area contributed by atoms with E-state index in [9.17, 15) is 14.3 Å². The van der Waals surface area contributed by atoms with E-state index in [1.807, 2.05) is 0 Å². The molecule has 2 aromatic carbocycles. The molecule has 0 aromatic heterocycles. The maximum absolute atomic E-state index is 13.4. The molecule has 80 valence electrons. The van der Waals surface area contributed by atoms with Gasteiger partial charge in [0.15, 0.2) is 0 Å². The van der Waals surface area contributed by atoms with Gasteiger partial charge in [-0.1, -0.05) is 42.5 Å². The molecule has 0 aliphatic rings. The van der Waals surface area contributed by atoms with Crippen LogP contribution in [0.2, 0.25) is 0 Å². The fourth-order valence-corrected chi connectivity index (χ4v) is 1.48. The van der Waals surface area contributed by atoms with Crippen LogP contribution in [0, 0.1) is 5.82 Å². The van der Waals surface area contributed by atoms with Crippen molar-refractivity contribution in [3.05, 3.63) is 59.9 Å². The summed E-state index contributed by atoms with van der Waals surface area (Å²) in [7, 11) is 0. The highest BCUT2D eigenvalue weighted by Gasteiger charge is 2.03. The number of benzene rings is 2. The number of hydrogen-bond acceptors (Lipinski definition) is 2. The predicted octanol–water partition coefficient (Wildman–Crippen LogP) is 1.86. The molecule has 2 nitrogen and oxygen atoms in total. The second-order valence-electron chi connectivity index (χ2n) is 3.34. The summed E-state index contributed by atoms with van der Waals surface area (Å²) in [6.45, 7) is 0. The van der Waals surface area contributed by atoms with E-state index in [1.54, 1.807) is 30.3 Å². The predicted molar refractivity (Wildman–Crippen MR) is 56.2 cm³/mol. The number of hydrogen-bond donors (Lipinski definition) is 0. The van der Waals surface area contributed by atoms with Gasteiger partial charge in [0, 0.05) is 5.56 Å². The van der Waals surface area contributed by atoms with Crippen LogP contribution in [0.5, 0.6) is 0 Å². The summed E-state index contributed by atoms with van der Waals surface area (Å²) in [5.74, 6) is -1.57. The number of carbonyl (C=O) groups is 1. The van der Waals surface area contributed by atoms with Crippen LogP contribution in [-0.4, -0.2) is 5.97 Å². The molecular formula is C13H8FO2-. The summed E-state index contributed by atoms with van der Waals surface area (Å²) < 4.78 is 13.4. The highest BCUT2D eigenvalue weighted by molar-refractivity contribution is 5.86. The van der Waals surface area contributed by atoms with Crippen LogP contribution in [0.1, 0.15) is 10.4 Å². The molecule has 0 N–H and O–H groups in total. The standard InChI is InChI=1S/C13H9FO2/c14-12-4-2-1-3-11(12)9-5-7-10(8-6-9)13(15)16/h1-8H,(H,15,16)/p-1. The molecule has 2 rings (SSSR count). The van der Waals surface area contributed by atoms with Crippen molar-refractivity contribution in [2.45, 2.75) is 0 Å². The lowest BCUT2D eigenvalue weighted by Crippen LogP contribution is -2.21. The minimum atomic E-state index is -1.24. The van der Waals surface area contributed by atoms with E-state index >= 15 is 0 Å². The van der Waals surface area contributed by atoms with E-state index in [0.29, 0.717) is 11.1 Å². The minimum Gasteiger partial charge on any atom is -0.545 e. The summed E-state index contributed by atoms with van der Waals surface area (Å²) >= 11 is 0. The zero-order valence-corrected chi connectivity index (χ0v) is 8.31. The van der Waals surface area contributed by atoms with Crippen LogP contribution in [0.15, 0.2) is 48.5 Å². The number of carbonyl (C=O) groups excluding carboxylic acids is 1. The first-order chi connectivity index (χ1) is 7.68. The highest BCUT2D eigenvalue weighted by Crippen LogP contribution is 2.22. The average molecular weight is 215 g/mol. The lowest BCUT2D eigenvalue weighted by molar-refractivity contribution is -0.255. The van der Waals surface area contributed by atoms with Gasteiger partial charge < -0.3 is 9.90 Å². The lowest BCUT2D eigenvalue weighted by Gasteiger charge is -2.05. The van der Waals surface area contributed by atoms with E-state index in [1.165, 1.54) is 18.2 Å². The first-order valence-electron chi connectivity index (χ1n) is 4.75. The molecule has 0 fully saturated rings. The molecule has 0 saturated carbocycles. The molecule has 0 unspecified atom stereocenters. The van der Waals surface area contributed by atoms with Gasteiger partial charge in [-0.15, -0.1) is 0 Å². The normalized spacial score (nSPS) is 10.1. The Hall–Kier alpha value is -2.16. The van der Waals surface area contributed by atoms with Crippen molar-refractivity contribution in [1.82, 2.24) is 0 Å². The summed E-state index contributed by atoms with van der Waals surface area (Å²) in [5, 5.41) is 10.5. The average Bonchev–Trinajstić information content (AvgIpc) is 2.30. The number of aromatic carboxylic acids is 1. The van der Waals surface area contributed by atoms with E-state index < -0.39 is 5.97 Å². The summed E-state index contributed by atoms with van der Waals surface area (Å²) in [6.07, 6.45) is 0. The number of carboxylic acids is 1. The maximum Gasteiger partial charge on any atom is 0.131 e. The van der Waals surface area contributed by atoms with Crippen LogP contribution >= 0.6 is 0 Å². The lowest BCUT2D eigenvalue weighted by atomic mass is 10.0. The number of halogens is 1. The molecule has 0 radical (unpaired) electrons. The maximum atomic E-state index is 13.4. The van der Waals surface area contributed by atoms with Gasteiger partial charge in [0.25, 0.3) is 0 Å². The van der Waals surface area contributed by atoms with Crippen molar-refractivity contribution in [3.63, 3.8) is 0 Å². The third-order valence-electron chi connectivity index (χ3n) is 2.31. The molecule has 3 heteroatoms. The summed E-state index contributed by atoms with van der Waals surface area (Å²) in [6, 6.07) is 12.3. The van der Waals surface area contributed by atoms with Crippen LogP contribution in [0.25, 0.3) is 11.1 Å². The molecule has 0 aliphatic heterocycles. The van der Waals surface area contributed by atoms with E-state index in [4.69, 9.17) is 0 Å². The number of rotatable bonds is 2. The molecule has 0 aliphatic carbocycles. The van der Waals surface area contributed by atoms with Gasteiger partial charge in [0.05, 0.1) is 5.97 Å². The first-order valence-corrected chi connectivity index (χ1v) is 4.75. The molecule has 0 atom stereocenters. The Morgan fingerprint density at radius 2 is 1.62 bits per heavy atom. The molecule has 16 heavy (non-hydrogen) atoms. The molecule has 0 bridgehead atoms. The second-order valence-corrected chi connectivity index (χ2v) is 3.34. The first kappa shape index (κ1) is 10.4. The van der Waals surface area contributed by atoms with Crippen LogP contribution in [0.4, 0.5) is 4.39 Å². The smallest absolute Gasteiger partial charge is 0.131 e. The fourth-order valence-electron chi connectivity index (χ4n) is 1.48. The van der Waals surface area contributed by atoms with Gasteiger partial charge >= 0.3 is 0 Å². The zero-order valence-electron chi connectivity index (χ0n) is 8.31. The SMILES string of the molecule is O=C([O-])c1ccc(-c2ccccc2F)cc1. The number of carboxylic acid groups (broad SMARTS) is 1. The van der Waals surface area contributed by atoms with Gasteiger partial charge in [-0.3, -0.25) is 0 Å². The van der Waals surface area contributed by atoms with Gasteiger partial charge in [-0.05, 0) is 17.2 Å². The van der Waals surface area contributed by atoms with E-state index in [2.05, 4.69) is 0 Å². The van der Waals surface area contributed by atoms with Crippen molar-refractivity contribution in [2.75, 3.05) is 0 Å². The Morgan fingerprint density at radius 1 is 1.00 bits per heavy atom. The van der Waals surface area contributed by atoms with Gasteiger partial charge in [-0.2, -0.15) is 0 Å². The van der Waals surface area contributed by atoms with Crippen molar-refractivity contribution in [3.8, 4) is 11.1 Å². The molecule has 0 amide bonds. The van der Waals surface area contributed by atoms with Crippen LogP contribution in [0.3, 0.4) is 0 Å². The molecule has 2 aromatic rings. The quantitative estimate of drug-likeness (QED) is 0.767. The fraction of sp³-hybridized carbons (Fsp3) is 0. The van der Waals surface area contributed by atoms with Crippen molar-refractivity contribution >= 4 is 5.97 Å². The Bertz CT molecular complexity index is 518. The van der Waals surface area contributed by atoms with Crippen molar-refractivity contribution in [1.29, 1.82) is 0 Å². The van der Waals surface area contributed by atoms with Crippen molar-refractivity contribution in [2.24, 2.45) is 0 Å². The van der Waals surface area contributed by atoms with Crippen LogP contribution < -0.4 is 5.11 Å². The second kappa shape index (κ2) is 4.14. The minimum absolute atomic E-state index is 0.0834. The largest absolute Gasteiger partial charge is 0.545 e. The van der Waals surface area contributed by atoms with Gasteiger partial charge in [-0.25, -0.2) is 4.39 Å². The topological polar surface area (TPSA) is 40.1 Å². The zero-order chi connectivity index (χ0) is 11.5. The summed E-state index contributed by atoms with van der Waals surface area (Å²) in [5.41, 5.74) is 1.18. The summed E-state index contributed by atoms with van der Waals surface area (Å²) in [4.78, 5) is 10.5. The van der Waals surface area contributed by atoms with E-state index in [0.717, 1.165) is 0 Å². The van der Waals surface area contributed by atoms with Gasteiger partial charge in [0.1, 0.15) is 5.82 Å². The third-order valence-corrected chi connectivity index (χ3v) is 2.31. The Kier molecular flexibility index (Phi) is 2.68. The third kappa shape index (κ3) is 1.93. The molecular weight excluding hydrogens is 207 g/mol. The van der Waals surface area contributed by atoms with Crippen molar-refractivity contribution < 1.29 is 14.3 Å². The molecule has 0 heterocycles. The Labute approximate surface area is 92.0 Å².